The van der Waals surface area contributed by atoms with Gasteiger partial charge in [-0.2, -0.15) is 0 Å². The Bertz CT molecular complexity index is 745. The fraction of sp³-hybridized carbons (Fsp3) is 0.381. The van der Waals surface area contributed by atoms with Gasteiger partial charge in [0.25, 0.3) is 5.91 Å². The van der Waals surface area contributed by atoms with Crippen molar-refractivity contribution in [1.82, 2.24) is 15.5 Å². The number of hydrogen-bond acceptors (Lipinski definition) is 4. The summed E-state index contributed by atoms with van der Waals surface area (Å²) in [5.74, 6) is -0.0689. The molecule has 27 heavy (non-hydrogen) atoms. The summed E-state index contributed by atoms with van der Waals surface area (Å²) >= 11 is 6.47. The molecule has 3 rings (SSSR count). The van der Waals surface area contributed by atoms with Crippen LogP contribution in [0.25, 0.3) is 0 Å². The summed E-state index contributed by atoms with van der Waals surface area (Å²) in [7, 11) is 1.64. The maximum atomic E-state index is 11.6. The molecule has 6 heteroatoms. The topological polar surface area (TPSA) is 53.6 Å². The van der Waals surface area contributed by atoms with Crippen LogP contribution in [0.3, 0.4) is 0 Å². The average Bonchev–Trinajstić information content (AvgIpc) is 2.72. The van der Waals surface area contributed by atoms with Gasteiger partial charge in [-0.15, -0.1) is 0 Å². The molecule has 1 amide bonds. The van der Waals surface area contributed by atoms with Gasteiger partial charge in [-0.1, -0.05) is 41.9 Å². The van der Waals surface area contributed by atoms with Crippen LogP contribution in [0.1, 0.15) is 27.5 Å². The Hall–Kier alpha value is -1.92. The highest BCUT2D eigenvalue weighted by atomic mass is 35.5. The molecule has 2 N–H and O–H groups in total. The van der Waals surface area contributed by atoms with E-state index in [-0.39, 0.29) is 11.9 Å². The molecule has 2 aromatic carbocycles. The molecule has 1 atom stereocenters. The summed E-state index contributed by atoms with van der Waals surface area (Å²) in [6.45, 7) is 4.83. The molecule has 1 fully saturated rings. The van der Waals surface area contributed by atoms with Gasteiger partial charge in [-0.05, 0) is 29.3 Å². The van der Waals surface area contributed by atoms with Crippen molar-refractivity contribution in [2.45, 2.75) is 12.6 Å². The lowest BCUT2D eigenvalue weighted by molar-refractivity contribution is 0.0161. The second-order valence-electron chi connectivity index (χ2n) is 6.59. The van der Waals surface area contributed by atoms with E-state index in [1.807, 2.05) is 42.5 Å². The lowest BCUT2D eigenvalue weighted by Crippen LogP contribution is -2.42. The summed E-state index contributed by atoms with van der Waals surface area (Å²) in [5, 5.41) is 6.98. The normalized spacial score (nSPS) is 16.1. The molecule has 0 radical (unpaired) electrons. The van der Waals surface area contributed by atoms with Crippen LogP contribution in [0, 0.1) is 0 Å². The van der Waals surface area contributed by atoms with E-state index in [2.05, 4.69) is 21.6 Å². The van der Waals surface area contributed by atoms with Crippen LogP contribution in [0.4, 0.5) is 0 Å². The average molecular weight is 388 g/mol. The third kappa shape index (κ3) is 5.30. The summed E-state index contributed by atoms with van der Waals surface area (Å²) < 4.78 is 5.50. The van der Waals surface area contributed by atoms with Crippen molar-refractivity contribution in [3.8, 4) is 0 Å². The van der Waals surface area contributed by atoms with Gasteiger partial charge in [0, 0.05) is 49.9 Å². The second-order valence-corrected chi connectivity index (χ2v) is 7.00. The highest BCUT2D eigenvalue weighted by Gasteiger charge is 2.23. The molecule has 5 nitrogen and oxygen atoms in total. The molecule has 1 heterocycles. The van der Waals surface area contributed by atoms with E-state index in [9.17, 15) is 4.79 Å². The summed E-state index contributed by atoms with van der Waals surface area (Å²) in [6.07, 6.45) is 0. The predicted molar refractivity (Wildman–Crippen MR) is 108 cm³/mol. The Morgan fingerprint density at radius 1 is 1.15 bits per heavy atom. The minimum absolute atomic E-state index is 0.0689. The van der Waals surface area contributed by atoms with E-state index in [0.29, 0.717) is 5.56 Å². The van der Waals surface area contributed by atoms with E-state index in [4.69, 9.17) is 16.3 Å². The van der Waals surface area contributed by atoms with Crippen LogP contribution in [0.15, 0.2) is 48.5 Å². The number of amides is 1. The molecule has 144 valence electrons. The maximum Gasteiger partial charge on any atom is 0.251 e. The number of benzene rings is 2. The van der Waals surface area contributed by atoms with Crippen molar-refractivity contribution in [3.63, 3.8) is 0 Å². The predicted octanol–water partition coefficient (Wildman–Crippen LogP) is 2.86. The van der Waals surface area contributed by atoms with E-state index >= 15 is 0 Å². The quantitative estimate of drug-likeness (QED) is 0.767. The van der Waals surface area contributed by atoms with Gasteiger partial charge in [0.2, 0.25) is 0 Å². The van der Waals surface area contributed by atoms with Gasteiger partial charge in [0.15, 0.2) is 0 Å². The molecular formula is C21H26ClN3O2. The van der Waals surface area contributed by atoms with E-state index in [0.717, 1.165) is 55.5 Å². The zero-order chi connectivity index (χ0) is 19.1. The maximum absolute atomic E-state index is 11.6. The van der Waals surface area contributed by atoms with Gasteiger partial charge in [-0.3, -0.25) is 9.69 Å². The molecule has 0 spiro atoms. The molecule has 1 aliphatic rings. The number of halogens is 1. The number of nitrogens with one attached hydrogen (secondary N) is 2. The molecule has 0 bridgehead atoms. The first-order valence-electron chi connectivity index (χ1n) is 9.27. The molecular weight excluding hydrogens is 362 g/mol. The number of morpholine rings is 1. The number of carbonyl (C=O) groups excluding carboxylic acids is 1. The van der Waals surface area contributed by atoms with E-state index < -0.39 is 0 Å². The number of rotatable bonds is 7. The number of carbonyl (C=O) groups is 1. The SMILES string of the molecule is CNC(=O)c1ccc(CNCC(c2ccccc2Cl)N2CCOCC2)cc1. The minimum Gasteiger partial charge on any atom is -0.379 e. The van der Waals surface area contributed by atoms with E-state index in [1.54, 1.807) is 7.05 Å². The molecule has 1 saturated heterocycles. The first-order valence-corrected chi connectivity index (χ1v) is 9.65. The third-order valence-corrected chi connectivity index (χ3v) is 5.20. The highest BCUT2D eigenvalue weighted by molar-refractivity contribution is 6.31. The van der Waals surface area contributed by atoms with Crippen molar-refractivity contribution in [1.29, 1.82) is 0 Å². The fourth-order valence-electron chi connectivity index (χ4n) is 3.34. The number of nitrogens with zero attached hydrogens (tertiary/aromatic N) is 1. The second kappa shape index (κ2) is 9.85. The Balaban J connectivity index is 1.64. The smallest absolute Gasteiger partial charge is 0.251 e. The zero-order valence-corrected chi connectivity index (χ0v) is 16.3. The Morgan fingerprint density at radius 3 is 2.52 bits per heavy atom. The molecule has 0 saturated carbocycles. The van der Waals surface area contributed by atoms with Crippen LogP contribution in [-0.2, 0) is 11.3 Å². The monoisotopic (exact) mass is 387 g/mol. The Kier molecular flexibility index (Phi) is 7.24. The molecule has 0 aromatic heterocycles. The van der Waals surface area contributed by atoms with Gasteiger partial charge in [0.05, 0.1) is 13.2 Å². The van der Waals surface area contributed by atoms with Gasteiger partial charge in [0.1, 0.15) is 0 Å². The van der Waals surface area contributed by atoms with Crippen LogP contribution in [-0.4, -0.2) is 50.7 Å². The van der Waals surface area contributed by atoms with Crippen LogP contribution in [0.2, 0.25) is 5.02 Å². The lowest BCUT2D eigenvalue weighted by Gasteiger charge is -2.35. The molecule has 0 aliphatic carbocycles. The first-order chi connectivity index (χ1) is 13.2. The van der Waals surface area contributed by atoms with Crippen molar-refractivity contribution >= 4 is 17.5 Å². The summed E-state index contributed by atoms with van der Waals surface area (Å²) in [4.78, 5) is 14.1. The minimum atomic E-state index is -0.0689. The van der Waals surface area contributed by atoms with Crippen LogP contribution < -0.4 is 10.6 Å². The summed E-state index contributed by atoms with van der Waals surface area (Å²) in [6, 6.07) is 15.9. The van der Waals surface area contributed by atoms with Gasteiger partial charge >= 0.3 is 0 Å². The van der Waals surface area contributed by atoms with Crippen molar-refractivity contribution in [3.05, 3.63) is 70.2 Å². The fourth-order valence-corrected chi connectivity index (χ4v) is 3.60. The zero-order valence-electron chi connectivity index (χ0n) is 15.6. The number of hydrogen-bond donors (Lipinski definition) is 2. The van der Waals surface area contributed by atoms with Gasteiger partial charge in [-0.25, -0.2) is 0 Å². The van der Waals surface area contributed by atoms with Crippen molar-refractivity contribution in [2.24, 2.45) is 0 Å². The van der Waals surface area contributed by atoms with E-state index in [1.165, 1.54) is 0 Å². The summed E-state index contributed by atoms with van der Waals surface area (Å²) in [5.41, 5.74) is 2.95. The van der Waals surface area contributed by atoms with Crippen molar-refractivity contribution in [2.75, 3.05) is 39.9 Å². The highest BCUT2D eigenvalue weighted by Crippen LogP contribution is 2.27. The molecule has 2 aromatic rings. The number of ether oxygens (including phenoxy) is 1. The Labute approximate surface area is 165 Å². The molecule has 1 unspecified atom stereocenters. The largest absolute Gasteiger partial charge is 0.379 e. The van der Waals surface area contributed by atoms with Crippen LogP contribution >= 0.6 is 11.6 Å². The van der Waals surface area contributed by atoms with Gasteiger partial charge < -0.3 is 15.4 Å². The third-order valence-electron chi connectivity index (χ3n) is 4.86. The Morgan fingerprint density at radius 2 is 1.85 bits per heavy atom. The lowest BCUT2D eigenvalue weighted by atomic mass is 10.0. The molecule has 1 aliphatic heterocycles. The van der Waals surface area contributed by atoms with Crippen LogP contribution in [0.5, 0.6) is 0 Å². The first kappa shape index (κ1) is 19.8. The van der Waals surface area contributed by atoms with Crippen molar-refractivity contribution < 1.29 is 9.53 Å². The standard InChI is InChI=1S/C21H26ClN3O2/c1-23-21(26)17-8-6-16(7-9-17)14-24-15-20(25-10-12-27-13-11-25)18-4-2-3-5-19(18)22/h2-9,20,24H,10-15H2,1H3,(H,23,26).